The van der Waals surface area contributed by atoms with E-state index in [1.807, 2.05) is 0 Å². The zero-order valence-corrected chi connectivity index (χ0v) is 13.7. The highest BCUT2D eigenvalue weighted by Crippen LogP contribution is 2.30. The van der Waals surface area contributed by atoms with E-state index in [9.17, 15) is 4.79 Å². The highest BCUT2D eigenvalue weighted by Gasteiger charge is 2.25. The van der Waals surface area contributed by atoms with E-state index in [0.717, 1.165) is 12.8 Å². The van der Waals surface area contributed by atoms with Gasteiger partial charge in [0.1, 0.15) is 5.75 Å². The van der Waals surface area contributed by atoms with Crippen molar-refractivity contribution in [3.05, 3.63) is 28.8 Å². The highest BCUT2D eigenvalue weighted by molar-refractivity contribution is 6.30. The van der Waals surface area contributed by atoms with Crippen molar-refractivity contribution in [2.75, 3.05) is 19.5 Å². The normalized spacial score (nSPS) is 21.9. The molecule has 2 atom stereocenters. The summed E-state index contributed by atoms with van der Waals surface area (Å²) in [5.74, 6) is 2.02. The van der Waals surface area contributed by atoms with Gasteiger partial charge in [-0.05, 0) is 42.9 Å². The molecule has 1 N–H and O–H groups in total. The molecule has 1 fully saturated rings. The summed E-state index contributed by atoms with van der Waals surface area (Å²) in [7, 11) is 1.53. The molecule has 2 rings (SSSR count). The smallest absolute Gasteiger partial charge is 0.255 e. The Bertz CT molecular complexity index is 493. The molecular weight excluding hydrogens is 309 g/mol. The van der Waals surface area contributed by atoms with E-state index >= 15 is 0 Å². The third-order valence-corrected chi connectivity index (χ3v) is 4.83. The molecule has 2 unspecified atom stereocenters. The number of methoxy groups -OCH3 is 1. The number of nitrogens with one attached hydrogen (secondary N) is 1. The van der Waals surface area contributed by atoms with Gasteiger partial charge in [0.05, 0.1) is 12.7 Å². The summed E-state index contributed by atoms with van der Waals surface area (Å²) >= 11 is 11.9. The van der Waals surface area contributed by atoms with Gasteiger partial charge >= 0.3 is 0 Å². The van der Waals surface area contributed by atoms with Crippen molar-refractivity contribution >= 4 is 29.1 Å². The lowest BCUT2D eigenvalue weighted by atomic mass is 9.80. The number of hydrogen-bond donors (Lipinski definition) is 1. The average molecular weight is 330 g/mol. The Morgan fingerprint density at radius 2 is 2.05 bits per heavy atom. The molecule has 3 nitrogen and oxygen atoms in total. The summed E-state index contributed by atoms with van der Waals surface area (Å²) in [5, 5.41) is 3.56. The summed E-state index contributed by atoms with van der Waals surface area (Å²) in [6.07, 6.45) is 4.76. The van der Waals surface area contributed by atoms with Crippen LogP contribution in [0.3, 0.4) is 0 Å². The van der Waals surface area contributed by atoms with Crippen LogP contribution in [0.5, 0.6) is 5.75 Å². The van der Waals surface area contributed by atoms with Gasteiger partial charge in [-0.1, -0.05) is 24.4 Å². The molecule has 1 aliphatic rings. The first-order valence-electron chi connectivity index (χ1n) is 7.33. The molecule has 0 spiro atoms. The van der Waals surface area contributed by atoms with E-state index in [-0.39, 0.29) is 5.91 Å². The minimum Gasteiger partial charge on any atom is -0.496 e. The van der Waals surface area contributed by atoms with Crippen molar-refractivity contribution in [3.8, 4) is 5.75 Å². The van der Waals surface area contributed by atoms with Crippen molar-refractivity contribution in [2.24, 2.45) is 11.8 Å². The number of rotatable bonds is 5. The second kappa shape index (κ2) is 7.90. The van der Waals surface area contributed by atoms with Crippen molar-refractivity contribution in [3.63, 3.8) is 0 Å². The van der Waals surface area contributed by atoms with Crippen molar-refractivity contribution in [1.82, 2.24) is 5.32 Å². The molecule has 0 aromatic heterocycles. The van der Waals surface area contributed by atoms with Gasteiger partial charge in [0, 0.05) is 17.4 Å². The first-order chi connectivity index (χ1) is 10.2. The molecule has 116 valence electrons. The molecule has 1 aromatic carbocycles. The maximum absolute atomic E-state index is 12.3. The lowest BCUT2D eigenvalue weighted by Gasteiger charge is -2.30. The monoisotopic (exact) mass is 329 g/mol. The van der Waals surface area contributed by atoms with Crippen molar-refractivity contribution < 1.29 is 9.53 Å². The molecule has 0 aliphatic heterocycles. The van der Waals surface area contributed by atoms with Crippen molar-refractivity contribution in [1.29, 1.82) is 0 Å². The Balaban J connectivity index is 1.98. The van der Waals surface area contributed by atoms with Crippen molar-refractivity contribution in [2.45, 2.75) is 25.7 Å². The number of amides is 1. The topological polar surface area (TPSA) is 38.3 Å². The molecule has 1 aromatic rings. The standard InChI is InChI=1S/C16H21Cl2NO2/c1-21-15-8-13(18)6-7-14(15)16(20)19-10-12-5-3-2-4-11(12)9-17/h6-8,11-12H,2-5,9-10H2,1H3,(H,19,20). The molecule has 1 amide bonds. The Kier molecular flexibility index (Phi) is 6.19. The number of hydrogen-bond acceptors (Lipinski definition) is 2. The number of ether oxygens (including phenoxy) is 1. The average Bonchev–Trinajstić information content (AvgIpc) is 2.52. The number of carbonyl (C=O) groups excluding carboxylic acids is 1. The van der Waals surface area contributed by atoms with E-state index in [2.05, 4.69) is 5.32 Å². The van der Waals surface area contributed by atoms with Gasteiger partial charge in [0.15, 0.2) is 0 Å². The summed E-state index contributed by atoms with van der Waals surface area (Å²) < 4.78 is 5.22. The predicted molar refractivity (Wildman–Crippen MR) is 86.5 cm³/mol. The Morgan fingerprint density at radius 1 is 1.33 bits per heavy atom. The van der Waals surface area contributed by atoms with E-state index in [1.165, 1.54) is 20.0 Å². The zero-order chi connectivity index (χ0) is 15.2. The Hall–Kier alpha value is -0.930. The molecule has 0 radical (unpaired) electrons. The largest absolute Gasteiger partial charge is 0.496 e. The van der Waals surface area contributed by atoms with E-state index in [4.69, 9.17) is 27.9 Å². The maximum atomic E-state index is 12.3. The van der Waals surface area contributed by atoms with Crippen LogP contribution in [0.4, 0.5) is 0 Å². The van der Waals surface area contributed by atoms with Gasteiger partial charge in [-0.25, -0.2) is 0 Å². The summed E-state index contributed by atoms with van der Waals surface area (Å²) in [6, 6.07) is 5.04. The van der Waals surface area contributed by atoms with Crippen LogP contribution in [-0.4, -0.2) is 25.4 Å². The Labute approximate surface area is 136 Å². The molecule has 21 heavy (non-hydrogen) atoms. The second-order valence-corrected chi connectivity index (χ2v) is 6.26. The number of benzene rings is 1. The minimum absolute atomic E-state index is 0.123. The summed E-state index contributed by atoms with van der Waals surface area (Å²) in [6.45, 7) is 0.669. The fraction of sp³-hybridized carbons (Fsp3) is 0.562. The fourth-order valence-electron chi connectivity index (χ4n) is 2.93. The SMILES string of the molecule is COc1cc(Cl)ccc1C(=O)NCC1CCCCC1CCl. The minimum atomic E-state index is -0.123. The molecule has 5 heteroatoms. The van der Waals surface area contributed by atoms with Gasteiger partial charge < -0.3 is 10.1 Å². The molecule has 1 aliphatic carbocycles. The predicted octanol–water partition coefficient (Wildman–Crippen LogP) is 4.12. The molecule has 0 bridgehead atoms. The number of halogens is 2. The maximum Gasteiger partial charge on any atom is 0.255 e. The first kappa shape index (κ1) is 16.4. The molecule has 0 saturated heterocycles. The van der Waals surface area contributed by atoms with Crippen LogP contribution in [0.1, 0.15) is 36.0 Å². The molecular formula is C16H21Cl2NO2. The zero-order valence-electron chi connectivity index (χ0n) is 12.2. The van der Waals surface area contributed by atoms with E-state index in [1.54, 1.807) is 18.2 Å². The fourth-order valence-corrected chi connectivity index (χ4v) is 3.50. The van der Waals surface area contributed by atoms with Crippen LogP contribution in [0.15, 0.2) is 18.2 Å². The van der Waals surface area contributed by atoms with Crippen LogP contribution >= 0.6 is 23.2 Å². The highest BCUT2D eigenvalue weighted by atomic mass is 35.5. The van der Waals surface area contributed by atoms with E-state index in [0.29, 0.717) is 40.6 Å². The van der Waals surface area contributed by atoms with Crippen LogP contribution in [-0.2, 0) is 0 Å². The molecule has 1 saturated carbocycles. The van der Waals surface area contributed by atoms with Crippen LogP contribution in [0, 0.1) is 11.8 Å². The number of alkyl halides is 1. The summed E-state index contributed by atoms with van der Waals surface area (Å²) in [5.41, 5.74) is 0.514. The second-order valence-electron chi connectivity index (χ2n) is 5.51. The third kappa shape index (κ3) is 4.27. The van der Waals surface area contributed by atoms with E-state index < -0.39 is 0 Å². The first-order valence-corrected chi connectivity index (χ1v) is 8.24. The van der Waals surface area contributed by atoms with Gasteiger partial charge in [0.25, 0.3) is 5.91 Å². The molecule has 0 heterocycles. The van der Waals surface area contributed by atoms with Gasteiger partial charge in [-0.2, -0.15) is 0 Å². The summed E-state index contributed by atoms with van der Waals surface area (Å²) in [4.78, 5) is 12.3. The lowest BCUT2D eigenvalue weighted by molar-refractivity contribution is 0.0933. The third-order valence-electron chi connectivity index (χ3n) is 4.20. The van der Waals surface area contributed by atoms with Gasteiger partial charge in [-0.15, -0.1) is 11.6 Å². The Morgan fingerprint density at radius 3 is 2.71 bits per heavy atom. The van der Waals surface area contributed by atoms with Crippen LogP contribution in [0.2, 0.25) is 5.02 Å². The number of carbonyl (C=O) groups is 1. The van der Waals surface area contributed by atoms with Crippen LogP contribution < -0.4 is 10.1 Å². The van der Waals surface area contributed by atoms with Crippen LogP contribution in [0.25, 0.3) is 0 Å². The van der Waals surface area contributed by atoms with Gasteiger partial charge in [0.2, 0.25) is 0 Å². The van der Waals surface area contributed by atoms with Gasteiger partial charge in [-0.3, -0.25) is 4.79 Å². The quantitative estimate of drug-likeness (QED) is 0.825. The lowest BCUT2D eigenvalue weighted by Crippen LogP contribution is -2.35.